The summed E-state index contributed by atoms with van der Waals surface area (Å²) in [6.45, 7) is 5.65. The van der Waals surface area contributed by atoms with Gasteiger partial charge < -0.3 is 19.5 Å². The van der Waals surface area contributed by atoms with Crippen molar-refractivity contribution in [2.24, 2.45) is 5.92 Å². The van der Waals surface area contributed by atoms with E-state index in [2.05, 4.69) is 20.1 Å². The van der Waals surface area contributed by atoms with Gasteiger partial charge in [0.05, 0.1) is 16.7 Å². The molecule has 12 nitrogen and oxygen atoms in total. The van der Waals surface area contributed by atoms with Gasteiger partial charge in [-0.15, -0.1) is 11.3 Å². The maximum Gasteiger partial charge on any atom is 0.252 e. The molecule has 1 saturated carbocycles. The Morgan fingerprint density at radius 1 is 1.12 bits per heavy atom. The molecule has 2 aromatic heterocycles. The zero-order valence-corrected chi connectivity index (χ0v) is 25.9. The molecule has 2 aromatic rings. The number of anilines is 1. The average molecular weight is 621 g/mol. The summed E-state index contributed by atoms with van der Waals surface area (Å²) in [5.74, 6) is -0.0424. The molecule has 0 spiro atoms. The van der Waals surface area contributed by atoms with Gasteiger partial charge in [0, 0.05) is 83.4 Å². The lowest BCUT2D eigenvalue weighted by atomic mass is 9.92. The largest absolute Gasteiger partial charge is 0.381 e. The number of thiazole rings is 1. The Balaban J connectivity index is 1.23. The molecule has 1 unspecified atom stereocenters. The van der Waals surface area contributed by atoms with Crippen molar-refractivity contribution < 1.29 is 22.7 Å². The quantitative estimate of drug-likeness (QED) is 0.396. The summed E-state index contributed by atoms with van der Waals surface area (Å²) in [6, 6.07) is 1.79. The van der Waals surface area contributed by atoms with Crippen molar-refractivity contribution in [2.75, 3.05) is 65.3 Å². The standard InChI is InChI=1S/C28H40N6O6S2/c1-31(2)26(36)19-33-11-9-32(10-12-33)18-21-17-29-28(41-21)30-27(37)24(15-20-6-13-40-14-7-20)34-8-5-23(16-25(34)35)42(38,39)22-3-4-22/h5,8,16-17,20,22,24H,3-4,6-7,9-15,18-19H2,1-2H3,(H,29,30,37). The second-order valence-corrected chi connectivity index (χ2v) is 15.0. The van der Waals surface area contributed by atoms with Gasteiger partial charge in [0.25, 0.3) is 5.56 Å². The summed E-state index contributed by atoms with van der Waals surface area (Å²) in [7, 11) is 0.0220. The van der Waals surface area contributed by atoms with Crippen LogP contribution >= 0.6 is 11.3 Å². The van der Waals surface area contributed by atoms with Gasteiger partial charge in [-0.05, 0) is 44.1 Å². The number of nitrogens with one attached hydrogen (secondary N) is 1. The molecular formula is C28H40N6O6S2. The Hall–Kier alpha value is -2.65. The number of pyridine rings is 1. The summed E-state index contributed by atoms with van der Waals surface area (Å²) >= 11 is 1.40. The highest BCUT2D eigenvalue weighted by Crippen LogP contribution is 2.33. The van der Waals surface area contributed by atoms with Gasteiger partial charge >= 0.3 is 0 Å². The zero-order chi connectivity index (χ0) is 29.9. The minimum absolute atomic E-state index is 0.0196. The van der Waals surface area contributed by atoms with Crippen molar-refractivity contribution in [1.29, 1.82) is 0 Å². The van der Waals surface area contributed by atoms with E-state index >= 15 is 0 Å². The molecule has 5 rings (SSSR count). The number of rotatable bonds is 11. The molecule has 0 bridgehead atoms. The average Bonchev–Trinajstić information content (AvgIpc) is 3.75. The second kappa shape index (κ2) is 13.3. The maximum atomic E-state index is 13.6. The van der Waals surface area contributed by atoms with Gasteiger partial charge in [0.1, 0.15) is 6.04 Å². The molecule has 230 valence electrons. The lowest BCUT2D eigenvalue weighted by Gasteiger charge is -2.34. The Bertz CT molecular complexity index is 1420. The van der Waals surface area contributed by atoms with Crippen LogP contribution in [0.3, 0.4) is 0 Å². The first-order chi connectivity index (χ1) is 20.1. The number of amides is 2. The summed E-state index contributed by atoms with van der Waals surface area (Å²) in [5, 5.41) is 2.97. The number of carbonyl (C=O) groups is 2. The summed E-state index contributed by atoms with van der Waals surface area (Å²) in [5.41, 5.74) is -0.504. The summed E-state index contributed by atoms with van der Waals surface area (Å²) in [4.78, 5) is 50.3. The van der Waals surface area contributed by atoms with E-state index in [1.165, 1.54) is 28.2 Å². The summed E-state index contributed by atoms with van der Waals surface area (Å²) < 4.78 is 32.2. The van der Waals surface area contributed by atoms with E-state index in [0.29, 0.717) is 50.7 Å². The number of likely N-dealkylation sites (N-methyl/N-ethyl adjacent to an activating group) is 1. The van der Waals surface area contributed by atoms with Crippen molar-refractivity contribution in [2.45, 2.75) is 54.8 Å². The third-order valence-corrected chi connectivity index (χ3v) is 11.4. The molecule has 4 heterocycles. The second-order valence-electron chi connectivity index (χ2n) is 11.6. The number of nitrogens with zero attached hydrogens (tertiary/aromatic N) is 5. The molecule has 0 aromatic carbocycles. The molecule has 42 heavy (non-hydrogen) atoms. The van der Waals surface area contributed by atoms with Crippen molar-refractivity contribution in [3.63, 3.8) is 0 Å². The number of hydrogen-bond donors (Lipinski definition) is 1. The fourth-order valence-corrected chi connectivity index (χ4v) is 7.92. The van der Waals surface area contributed by atoms with Crippen LogP contribution in [0.5, 0.6) is 0 Å². The molecule has 3 fully saturated rings. The highest BCUT2D eigenvalue weighted by molar-refractivity contribution is 7.92. The van der Waals surface area contributed by atoms with E-state index in [0.717, 1.165) is 50.0 Å². The molecule has 2 saturated heterocycles. The van der Waals surface area contributed by atoms with Crippen LogP contribution in [0, 0.1) is 5.92 Å². The molecule has 1 N–H and O–H groups in total. The van der Waals surface area contributed by atoms with Crippen LogP contribution in [0.25, 0.3) is 0 Å². The maximum absolute atomic E-state index is 13.6. The van der Waals surface area contributed by atoms with E-state index in [4.69, 9.17) is 4.74 Å². The SMILES string of the molecule is CN(C)C(=O)CN1CCN(Cc2cnc(NC(=O)C(CC3CCOCC3)n3ccc(S(=O)(=O)C4CC4)cc3=O)s2)CC1. The van der Waals surface area contributed by atoms with Crippen molar-refractivity contribution in [1.82, 2.24) is 24.3 Å². The Kier molecular flexibility index (Phi) is 9.77. The van der Waals surface area contributed by atoms with Gasteiger partial charge in [-0.25, -0.2) is 13.4 Å². The lowest BCUT2D eigenvalue weighted by molar-refractivity contribution is -0.130. The van der Waals surface area contributed by atoms with Gasteiger partial charge in [-0.1, -0.05) is 0 Å². The Labute approximate surface area is 250 Å². The number of sulfone groups is 1. The first kappa shape index (κ1) is 30.8. The molecule has 3 aliphatic rings. The number of aromatic nitrogens is 2. The van der Waals surface area contributed by atoms with Crippen LogP contribution in [0.4, 0.5) is 5.13 Å². The van der Waals surface area contributed by atoms with E-state index < -0.39 is 26.7 Å². The number of carbonyl (C=O) groups excluding carboxylic acids is 2. The summed E-state index contributed by atoms with van der Waals surface area (Å²) in [6.07, 6.45) is 6.48. The first-order valence-corrected chi connectivity index (χ1v) is 16.9. The smallest absolute Gasteiger partial charge is 0.252 e. The van der Waals surface area contributed by atoms with Crippen LogP contribution in [-0.4, -0.2) is 110 Å². The van der Waals surface area contributed by atoms with E-state index in [9.17, 15) is 22.8 Å². The Morgan fingerprint density at radius 3 is 2.45 bits per heavy atom. The van der Waals surface area contributed by atoms with Gasteiger partial charge in [-0.2, -0.15) is 0 Å². The fourth-order valence-electron chi connectivity index (χ4n) is 5.41. The minimum Gasteiger partial charge on any atom is -0.381 e. The van der Waals surface area contributed by atoms with Crippen LogP contribution in [0.2, 0.25) is 0 Å². The molecule has 2 aliphatic heterocycles. The highest BCUT2D eigenvalue weighted by Gasteiger charge is 2.37. The Morgan fingerprint density at radius 2 is 1.81 bits per heavy atom. The topological polar surface area (TPSA) is 134 Å². The first-order valence-electron chi connectivity index (χ1n) is 14.5. The highest BCUT2D eigenvalue weighted by atomic mass is 32.2. The predicted octanol–water partition coefficient (Wildman–Crippen LogP) is 1.44. The minimum atomic E-state index is -3.51. The van der Waals surface area contributed by atoms with E-state index in [-0.39, 0.29) is 22.6 Å². The van der Waals surface area contributed by atoms with Crippen molar-refractivity contribution >= 4 is 38.1 Å². The van der Waals surface area contributed by atoms with Gasteiger partial charge in [0.15, 0.2) is 15.0 Å². The van der Waals surface area contributed by atoms with E-state index in [1.807, 2.05) is 0 Å². The van der Waals surface area contributed by atoms with Gasteiger partial charge in [-0.3, -0.25) is 24.2 Å². The monoisotopic (exact) mass is 620 g/mol. The van der Waals surface area contributed by atoms with Crippen LogP contribution in [-0.2, 0) is 30.7 Å². The zero-order valence-electron chi connectivity index (χ0n) is 24.2. The number of hydrogen-bond acceptors (Lipinski definition) is 10. The van der Waals surface area contributed by atoms with Crippen LogP contribution in [0.1, 0.15) is 43.0 Å². The van der Waals surface area contributed by atoms with Gasteiger partial charge in [0.2, 0.25) is 11.8 Å². The predicted molar refractivity (Wildman–Crippen MR) is 159 cm³/mol. The number of ether oxygens (including phenoxy) is 1. The fraction of sp³-hybridized carbons (Fsp3) is 0.643. The van der Waals surface area contributed by atoms with Crippen molar-refractivity contribution in [3.05, 3.63) is 39.8 Å². The molecule has 1 atom stereocenters. The molecule has 2 amide bonds. The normalized spacial score (nSPS) is 19.9. The number of piperazine rings is 1. The molecule has 14 heteroatoms. The van der Waals surface area contributed by atoms with Crippen LogP contribution < -0.4 is 10.9 Å². The van der Waals surface area contributed by atoms with Crippen LogP contribution in [0.15, 0.2) is 34.2 Å². The molecule has 1 aliphatic carbocycles. The molecule has 0 radical (unpaired) electrons. The lowest BCUT2D eigenvalue weighted by Crippen LogP contribution is -2.48. The van der Waals surface area contributed by atoms with E-state index in [1.54, 1.807) is 25.2 Å². The third-order valence-electron chi connectivity index (χ3n) is 8.23. The molecular weight excluding hydrogens is 580 g/mol. The third kappa shape index (κ3) is 7.64. The van der Waals surface area contributed by atoms with Crippen molar-refractivity contribution in [3.8, 4) is 0 Å².